The van der Waals surface area contributed by atoms with Crippen LogP contribution < -0.4 is 9.47 Å². The van der Waals surface area contributed by atoms with E-state index >= 15 is 0 Å². The Morgan fingerprint density at radius 2 is 1.93 bits per heavy atom. The highest BCUT2D eigenvalue weighted by Gasteiger charge is 2.26. The van der Waals surface area contributed by atoms with Gasteiger partial charge in [0, 0.05) is 13.1 Å². The molecular formula is C19H18ClNO7S. The van der Waals surface area contributed by atoms with Gasteiger partial charge in [-0.25, -0.2) is 13.2 Å². The van der Waals surface area contributed by atoms with Crippen LogP contribution in [0.1, 0.15) is 15.9 Å². The third kappa shape index (κ3) is 4.18. The molecule has 2 aliphatic rings. The molecule has 1 fully saturated rings. The van der Waals surface area contributed by atoms with Gasteiger partial charge >= 0.3 is 5.97 Å². The molecule has 2 aromatic carbocycles. The SMILES string of the molecule is O=C(OCc1cccc(S(=O)(=O)N2CCOCC2)c1)c1cc(Cl)c2c(c1)OCO2. The maximum Gasteiger partial charge on any atom is 0.338 e. The Balaban J connectivity index is 1.46. The maximum absolute atomic E-state index is 12.8. The molecule has 0 spiro atoms. The number of hydrogen-bond donors (Lipinski definition) is 0. The average Bonchev–Trinajstić information content (AvgIpc) is 3.22. The standard InChI is InChI=1S/C19H18ClNO7S/c20-16-9-14(10-17-18(16)28-12-27-17)19(22)26-11-13-2-1-3-15(8-13)29(23,24)21-4-6-25-7-5-21/h1-3,8-10H,4-7,11-12H2. The molecule has 0 aromatic heterocycles. The van der Waals surface area contributed by atoms with Gasteiger partial charge in [-0.05, 0) is 29.8 Å². The zero-order chi connectivity index (χ0) is 20.4. The Morgan fingerprint density at radius 1 is 1.14 bits per heavy atom. The summed E-state index contributed by atoms with van der Waals surface area (Å²) in [6.07, 6.45) is 0. The van der Waals surface area contributed by atoms with Crippen LogP contribution in [0.15, 0.2) is 41.3 Å². The lowest BCUT2D eigenvalue weighted by Crippen LogP contribution is -2.40. The molecule has 10 heteroatoms. The Morgan fingerprint density at radius 3 is 2.72 bits per heavy atom. The van der Waals surface area contributed by atoms with Gasteiger partial charge in [0.05, 0.1) is 28.7 Å². The molecule has 0 radical (unpaired) electrons. The molecule has 1 saturated heterocycles. The first kappa shape index (κ1) is 20.0. The van der Waals surface area contributed by atoms with Crippen molar-refractivity contribution in [3.05, 3.63) is 52.5 Å². The summed E-state index contributed by atoms with van der Waals surface area (Å²) in [5.74, 6) is 0.166. The van der Waals surface area contributed by atoms with E-state index in [-0.39, 0.29) is 28.9 Å². The number of carbonyl (C=O) groups excluding carboxylic acids is 1. The van der Waals surface area contributed by atoms with Crippen LogP contribution in [0.2, 0.25) is 5.02 Å². The summed E-state index contributed by atoms with van der Waals surface area (Å²) >= 11 is 6.09. The number of carbonyl (C=O) groups is 1. The van der Waals surface area contributed by atoms with Gasteiger partial charge in [-0.2, -0.15) is 4.31 Å². The lowest BCUT2D eigenvalue weighted by atomic mass is 10.2. The summed E-state index contributed by atoms with van der Waals surface area (Å²) in [5.41, 5.74) is 0.774. The molecule has 0 bridgehead atoms. The van der Waals surface area contributed by atoms with Crippen molar-refractivity contribution in [3.63, 3.8) is 0 Å². The first-order chi connectivity index (χ1) is 13.9. The van der Waals surface area contributed by atoms with E-state index in [2.05, 4.69) is 0 Å². The highest BCUT2D eigenvalue weighted by molar-refractivity contribution is 7.89. The molecule has 0 saturated carbocycles. The largest absolute Gasteiger partial charge is 0.457 e. The molecule has 2 heterocycles. The number of halogens is 1. The van der Waals surface area contributed by atoms with Gasteiger partial charge in [0.1, 0.15) is 6.61 Å². The van der Waals surface area contributed by atoms with Gasteiger partial charge < -0.3 is 18.9 Å². The zero-order valence-corrected chi connectivity index (χ0v) is 16.9. The van der Waals surface area contributed by atoms with Crippen LogP contribution in [0.5, 0.6) is 11.5 Å². The second-order valence-corrected chi connectivity index (χ2v) is 8.78. The van der Waals surface area contributed by atoms with Crippen molar-refractivity contribution in [1.29, 1.82) is 0 Å². The van der Waals surface area contributed by atoms with E-state index in [1.54, 1.807) is 12.1 Å². The van der Waals surface area contributed by atoms with Crippen LogP contribution in [0.3, 0.4) is 0 Å². The van der Waals surface area contributed by atoms with E-state index in [1.807, 2.05) is 0 Å². The van der Waals surface area contributed by atoms with Gasteiger partial charge in [-0.15, -0.1) is 0 Å². The minimum Gasteiger partial charge on any atom is -0.457 e. The molecule has 29 heavy (non-hydrogen) atoms. The quantitative estimate of drug-likeness (QED) is 0.661. The minimum atomic E-state index is -3.62. The van der Waals surface area contributed by atoms with Gasteiger partial charge in [0.2, 0.25) is 16.8 Å². The third-order valence-corrected chi connectivity index (χ3v) is 6.71. The average molecular weight is 440 g/mol. The molecular weight excluding hydrogens is 422 g/mol. The molecule has 2 aromatic rings. The number of nitrogens with zero attached hydrogens (tertiary/aromatic N) is 1. The summed E-state index contributed by atoms with van der Waals surface area (Å²) in [6, 6.07) is 9.27. The van der Waals surface area contributed by atoms with Gasteiger partial charge in [-0.3, -0.25) is 0 Å². The first-order valence-electron chi connectivity index (χ1n) is 8.88. The summed E-state index contributed by atoms with van der Waals surface area (Å²) in [5, 5.41) is 0.255. The summed E-state index contributed by atoms with van der Waals surface area (Å²) in [6.45, 7) is 1.32. The summed E-state index contributed by atoms with van der Waals surface area (Å²) < 4.78 is 47.9. The van der Waals surface area contributed by atoms with E-state index in [1.165, 1.54) is 28.6 Å². The number of fused-ring (bicyclic) bond motifs is 1. The Hall–Kier alpha value is -2.33. The molecule has 8 nitrogen and oxygen atoms in total. The first-order valence-corrected chi connectivity index (χ1v) is 10.7. The molecule has 0 atom stereocenters. The number of rotatable bonds is 5. The maximum atomic E-state index is 12.8. The molecule has 0 N–H and O–H groups in total. The minimum absolute atomic E-state index is 0.0396. The lowest BCUT2D eigenvalue weighted by molar-refractivity contribution is 0.0472. The smallest absolute Gasteiger partial charge is 0.338 e. The van der Waals surface area contributed by atoms with Crippen molar-refractivity contribution in [2.24, 2.45) is 0 Å². The molecule has 0 unspecified atom stereocenters. The molecule has 4 rings (SSSR count). The number of sulfonamides is 1. The van der Waals surface area contributed by atoms with E-state index in [4.69, 9.17) is 30.5 Å². The normalized spacial score (nSPS) is 16.6. The van der Waals surface area contributed by atoms with Crippen molar-refractivity contribution in [2.75, 3.05) is 33.1 Å². The van der Waals surface area contributed by atoms with Crippen LogP contribution >= 0.6 is 11.6 Å². The lowest BCUT2D eigenvalue weighted by Gasteiger charge is -2.26. The van der Waals surface area contributed by atoms with Crippen molar-refractivity contribution in [1.82, 2.24) is 4.31 Å². The predicted molar refractivity (Wildman–Crippen MR) is 103 cm³/mol. The van der Waals surface area contributed by atoms with Crippen molar-refractivity contribution in [2.45, 2.75) is 11.5 Å². The second kappa shape index (κ2) is 8.19. The van der Waals surface area contributed by atoms with Gasteiger partial charge in [-0.1, -0.05) is 23.7 Å². The van der Waals surface area contributed by atoms with E-state index in [0.717, 1.165) is 0 Å². The van der Waals surface area contributed by atoms with Crippen LogP contribution in [-0.2, 0) is 26.1 Å². The fraction of sp³-hybridized carbons (Fsp3) is 0.316. The number of morpholine rings is 1. The van der Waals surface area contributed by atoms with Crippen LogP contribution in [0, 0.1) is 0 Å². The fourth-order valence-electron chi connectivity index (χ4n) is 3.05. The Labute approximate surface area is 172 Å². The highest BCUT2D eigenvalue weighted by atomic mass is 35.5. The van der Waals surface area contributed by atoms with E-state index < -0.39 is 16.0 Å². The Kier molecular flexibility index (Phi) is 5.64. The second-order valence-electron chi connectivity index (χ2n) is 6.43. The monoisotopic (exact) mass is 439 g/mol. The summed E-state index contributed by atoms with van der Waals surface area (Å²) in [7, 11) is -3.62. The number of hydrogen-bond acceptors (Lipinski definition) is 7. The van der Waals surface area contributed by atoms with Crippen LogP contribution in [-0.4, -0.2) is 51.8 Å². The highest BCUT2D eigenvalue weighted by Crippen LogP contribution is 2.40. The van der Waals surface area contributed by atoms with Crippen LogP contribution in [0.4, 0.5) is 0 Å². The van der Waals surface area contributed by atoms with Gasteiger partial charge in [0.25, 0.3) is 0 Å². The van der Waals surface area contributed by atoms with Crippen molar-refractivity contribution in [3.8, 4) is 11.5 Å². The van der Waals surface area contributed by atoms with Crippen molar-refractivity contribution >= 4 is 27.6 Å². The number of esters is 1. The topological polar surface area (TPSA) is 91.4 Å². The summed E-state index contributed by atoms with van der Waals surface area (Å²) in [4.78, 5) is 12.5. The molecule has 154 valence electrons. The van der Waals surface area contributed by atoms with Crippen molar-refractivity contribution < 1.29 is 32.2 Å². The number of benzene rings is 2. The molecule has 2 aliphatic heterocycles. The van der Waals surface area contributed by atoms with Gasteiger partial charge in [0.15, 0.2) is 11.5 Å². The molecule has 0 aliphatic carbocycles. The zero-order valence-electron chi connectivity index (χ0n) is 15.3. The predicted octanol–water partition coefficient (Wildman–Crippen LogP) is 2.45. The van der Waals surface area contributed by atoms with E-state index in [9.17, 15) is 13.2 Å². The van der Waals surface area contributed by atoms with E-state index in [0.29, 0.717) is 43.4 Å². The van der Waals surface area contributed by atoms with Crippen LogP contribution in [0.25, 0.3) is 0 Å². The third-order valence-electron chi connectivity index (χ3n) is 4.54. The fourth-order valence-corrected chi connectivity index (χ4v) is 4.79. The number of ether oxygens (including phenoxy) is 4. The molecule has 0 amide bonds. The Bertz CT molecular complexity index is 1030.